The first-order valence-electron chi connectivity index (χ1n) is 5.69. The van der Waals surface area contributed by atoms with Gasteiger partial charge in [-0.25, -0.2) is 0 Å². The van der Waals surface area contributed by atoms with Crippen molar-refractivity contribution in [1.82, 2.24) is 15.5 Å². The van der Waals surface area contributed by atoms with Crippen molar-refractivity contribution in [2.24, 2.45) is 0 Å². The zero-order valence-corrected chi connectivity index (χ0v) is 10.0. The second-order valence-electron chi connectivity index (χ2n) is 3.63. The van der Waals surface area contributed by atoms with Crippen LogP contribution in [0.25, 0.3) is 0 Å². The highest BCUT2D eigenvalue weighted by atomic mass is 16.5. The third-order valence-electron chi connectivity index (χ3n) is 2.19. The zero-order valence-electron chi connectivity index (χ0n) is 10.0. The van der Waals surface area contributed by atoms with Gasteiger partial charge in [0.15, 0.2) is 6.61 Å². The number of nitrogens with zero attached hydrogens (tertiary/aromatic N) is 2. The zero-order chi connectivity index (χ0) is 12.6. The molecule has 0 saturated carbocycles. The molecule has 0 saturated heterocycles. The molecular weight excluding hydrogens is 230 g/mol. The average molecular weight is 245 g/mol. The van der Waals surface area contributed by atoms with E-state index in [4.69, 9.17) is 9.26 Å². The molecule has 5 nitrogen and oxygen atoms in total. The average Bonchev–Trinajstić information content (AvgIpc) is 2.86. The molecule has 0 unspecified atom stereocenters. The van der Waals surface area contributed by atoms with Crippen LogP contribution in [0.3, 0.4) is 0 Å². The molecule has 0 radical (unpaired) electrons. The van der Waals surface area contributed by atoms with E-state index in [0.717, 1.165) is 5.75 Å². The lowest BCUT2D eigenvalue weighted by molar-refractivity contribution is 0.284. The Hall–Kier alpha value is -2.14. The second kappa shape index (κ2) is 6.56. The molecule has 0 fully saturated rings. The van der Waals surface area contributed by atoms with Crippen LogP contribution < -0.4 is 10.1 Å². The Bertz CT molecular complexity index is 482. The highest BCUT2D eigenvalue weighted by molar-refractivity contribution is 5.20. The number of benzene rings is 1. The molecule has 94 valence electrons. The summed E-state index contributed by atoms with van der Waals surface area (Å²) in [5.74, 6) is 1.87. The Kier molecular flexibility index (Phi) is 4.49. The minimum Gasteiger partial charge on any atom is -0.485 e. The SMILES string of the molecule is C=CCNCc1nc(COc2ccccc2)no1. The molecular formula is C13H15N3O2. The van der Waals surface area contributed by atoms with Gasteiger partial charge in [0.25, 0.3) is 0 Å². The van der Waals surface area contributed by atoms with Crippen molar-refractivity contribution in [3.8, 4) is 5.75 Å². The first kappa shape index (κ1) is 12.3. The van der Waals surface area contributed by atoms with Crippen molar-refractivity contribution in [3.05, 3.63) is 54.7 Å². The van der Waals surface area contributed by atoms with Crippen molar-refractivity contribution in [3.63, 3.8) is 0 Å². The van der Waals surface area contributed by atoms with Crippen LogP contribution in [0.5, 0.6) is 5.75 Å². The van der Waals surface area contributed by atoms with Crippen LogP contribution in [0.2, 0.25) is 0 Å². The van der Waals surface area contributed by atoms with Crippen LogP contribution in [-0.4, -0.2) is 16.7 Å². The van der Waals surface area contributed by atoms with E-state index in [1.165, 1.54) is 0 Å². The summed E-state index contributed by atoms with van der Waals surface area (Å²) < 4.78 is 10.6. The highest BCUT2D eigenvalue weighted by Gasteiger charge is 2.05. The topological polar surface area (TPSA) is 60.2 Å². The molecule has 1 aromatic carbocycles. The van der Waals surface area contributed by atoms with Crippen LogP contribution in [-0.2, 0) is 13.2 Å². The quantitative estimate of drug-likeness (QED) is 0.596. The molecule has 5 heteroatoms. The number of rotatable bonds is 7. The predicted molar refractivity (Wildman–Crippen MR) is 67.0 cm³/mol. The molecule has 0 amide bonds. The Morgan fingerprint density at radius 2 is 2.17 bits per heavy atom. The fourth-order valence-electron chi connectivity index (χ4n) is 1.37. The number of aromatic nitrogens is 2. The summed E-state index contributed by atoms with van der Waals surface area (Å²) in [6, 6.07) is 9.52. The third kappa shape index (κ3) is 3.71. The van der Waals surface area contributed by atoms with Gasteiger partial charge in [-0.05, 0) is 12.1 Å². The van der Waals surface area contributed by atoms with Crippen molar-refractivity contribution in [2.75, 3.05) is 6.54 Å². The largest absolute Gasteiger partial charge is 0.485 e. The van der Waals surface area contributed by atoms with Gasteiger partial charge in [-0.15, -0.1) is 6.58 Å². The standard InChI is InChI=1S/C13H15N3O2/c1-2-8-14-9-13-15-12(16-18-13)10-17-11-6-4-3-5-7-11/h2-7,14H,1,8-10H2. The Morgan fingerprint density at radius 3 is 2.94 bits per heavy atom. The summed E-state index contributed by atoms with van der Waals surface area (Å²) in [5, 5.41) is 6.92. The molecule has 0 spiro atoms. The Balaban J connectivity index is 1.81. The van der Waals surface area contributed by atoms with Gasteiger partial charge >= 0.3 is 0 Å². The smallest absolute Gasteiger partial charge is 0.240 e. The molecule has 0 bridgehead atoms. The summed E-state index contributed by atoms with van der Waals surface area (Å²) in [6.07, 6.45) is 1.77. The van der Waals surface area contributed by atoms with Crippen LogP contribution >= 0.6 is 0 Å². The van der Waals surface area contributed by atoms with Gasteiger partial charge in [-0.2, -0.15) is 4.98 Å². The maximum atomic E-state index is 5.51. The maximum Gasteiger partial charge on any atom is 0.240 e. The lowest BCUT2D eigenvalue weighted by atomic mass is 10.3. The van der Waals surface area contributed by atoms with Crippen molar-refractivity contribution in [1.29, 1.82) is 0 Å². The van der Waals surface area contributed by atoms with Gasteiger partial charge in [0.1, 0.15) is 5.75 Å². The summed E-state index contributed by atoms with van der Waals surface area (Å²) >= 11 is 0. The summed E-state index contributed by atoms with van der Waals surface area (Å²) in [4.78, 5) is 4.20. The number of para-hydroxylation sites is 1. The first-order valence-corrected chi connectivity index (χ1v) is 5.69. The molecule has 0 aliphatic rings. The second-order valence-corrected chi connectivity index (χ2v) is 3.63. The van der Waals surface area contributed by atoms with Gasteiger partial charge in [0, 0.05) is 6.54 Å². The van der Waals surface area contributed by atoms with Crippen molar-refractivity contribution >= 4 is 0 Å². The summed E-state index contributed by atoms with van der Waals surface area (Å²) in [5.41, 5.74) is 0. The van der Waals surface area contributed by atoms with Gasteiger partial charge in [0.2, 0.25) is 11.7 Å². The number of hydrogen-bond acceptors (Lipinski definition) is 5. The molecule has 0 aliphatic carbocycles. The van der Waals surface area contributed by atoms with Crippen LogP contribution in [0.4, 0.5) is 0 Å². The molecule has 0 atom stereocenters. The molecule has 1 heterocycles. The van der Waals surface area contributed by atoms with Gasteiger partial charge in [-0.1, -0.05) is 29.4 Å². The van der Waals surface area contributed by atoms with Gasteiger partial charge in [-0.3, -0.25) is 0 Å². The number of ether oxygens (including phenoxy) is 1. The van der Waals surface area contributed by atoms with E-state index >= 15 is 0 Å². The molecule has 2 aromatic rings. The number of nitrogens with one attached hydrogen (secondary N) is 1. The van der Waals surface area contributed by atoms with Gasteiger partial charge in [0.05, 0.1) is 6.54 Å². The summed E-state index contributed by atoms with van der Waals surface area (Å²) in [6.45, 7) is 5.15. The fraction of sp³-hybridized carbons (Fsp3) is 0.231. The summed E-state index contributed by atoms with van der Waals surface area (Å²) in [7, 11) is 0. The lowest BCUT2D eigenvalue weighted by Gasteiger charge is -2.01. The molecule has 2 rings (SSSR count). The van der Waals surface area contributed by atoms with Crippen LogP contribution in [0, 0.1) is 0 Å². The highest BCUT2D eigenvalue weighted by Crippen LogP contribution is 2.10. The van der Waals surface area contributed by atoms with Crippen molar-refractivity contribution in [2.45, 2.75) is 13.2 Å². The normalized spacial score (nSPS) is 10.2. The fourth-order valence-corrected chi connectivity index (χ4v) is 1.37. The Labute approximate surface area is 105 Å². The minimum absolute atomic E-state index is 0.301. The maximum absolute atomic E-state index is 5.51. The first-order chi connectivity index (χ1) is 8.88. The van der Waals surface area contributed by atoms with E-state index in [-0.39, 0.29) is 0 Å². The van der Waals surface area contributed by atoms with Crippen molar-refractivity contribution < 1.29 is 9.26 Å². The Morgan fingerprint density at radius 1 is 1.33 bits per heavy atom. The predicted octanol–water partition coefficient (Wildman–Crippen LogP) is 1.92. The van der Waals surface area contributed by atoms with E-state index < -0.39 is 0 Å². The minimum atomic E-state index is 0.301. The third-order valence-corrected chi connectivity index (χ3v) is 2.19. The van der Waals surface area contributed by atoms with E-state index in [2.05, 4.69) is 22.0 Å². The number of hydrogen-bond donors (Lipinski definition) is 1. The van der Waals surface area contributed by atoms with Crippen LogP contribution in [0.1, 0.15) is 11.7 Å². The molecule has 0 aliphatic heterocycles. The van der Waals surface area contributed by atoms with E-state index in [1.54, 1.807) is 6.08 Å². The van der Waals surface area contributed by atoms with E-state index in [1.807, 2.05) is 30.3 Å². The molecule has 18 heavy (non-hydrogen) atoms. The molecule has 1 N–H and O–H groups in total. The van der Waals surface area contributed by atoms with Gasteiger partial charge < -0.3 is 14.6 Å². The van der Waals surface area contributed by atoms with E-state index in [0.29, 0.717) is 31.4 Å². The lowest BCUT2D eigenvalue weighted by Crippen LogP contribution is -2.12. The van der Waals surface area contributed by atoms with E-state index in [9.17, 15) is 0 Å². The monoisotopic (exact) mass is 245 g/mol. The van der Waals surface area contributed by atoms with Crippen LogP contribution in [0.15, 0.2) is 47.5 Å². The molecule has 1 aromatic heterocycles.